The zero-order chi connectivity index (χ0) is 23.9. The van der Waals surface area contributed by atoms with Crippen molar-refractivity contribution >= 4 is 28.5 Å². The van der Waals surface area contributed by atoms with Gasteiger partial charge in [0.15, 0.2) is 0 Å². The molecule has 178 valence electrons. The van der Waals surface area contributed by atoms with Crippen LogP contribution in [0.4, 0.5) is 4.79 Å². The highest BCUT2D eigenvalue weighted by atomic mass is 32.2. The average molecular weight is 467 g/mol. The summed E-state index contributed by atoms with van der Waals surface area (Å²) in [4.78, 5) is 22.1. The van der Waals surface area contributed by atoms with Crippen LogP contribution >= 0.6 is 0 Å². The van der Waals surface area contributed by atoms with Crippen LogP contribution in [0.5, 0.6) is 0 Å². The third-order valence-corrected chi connectivity index (χ3v) is 7.75. The molecule has 3 rings (SSSR count). The lowest BCUT2D eigenvalue weighted by Crippen LogP contribution is -2.44. The Morgan fingerprint density at radius 1 is 1.19 bits per heavy atom. The Kier molecular flexibility index (Phi) is 6.67. The molecule has 2 fully saturated rings. The lowest BCUT2D eigenvalue weighted by atomic mass is 9.81. The average Bonchev–Trinajstić information content (AvgIpc) is 2.88. The Hall–Kier alpha value is -1.72. The summed E-state index contributed by atoms with van der Waals surface area (Å²) in [6.45, 7) is 14.1. The summed E-state index contributed by atoms with van der Waals surface area (Å²) in [7, 11) is -4.37. The van der Waals surface area contributed by atoms with Gasteiger partial charge in [-0.15, -0.1) is 0 Å². The Labute approximate surface area is 191 Å². The van der Waals surface area contributed by atoms with Gasteiger partial charge in [0.25, 0.3) is 0 Å². The molecule has 1 aromatic heterocycles. The van der Waals surface area contributed by atoms with Crippen molar-refractivity contribution in [3.05, 3.63) is 12.4 Å². The summed E-state index contributed by atoms with van der Waals surface area (Å²) in [5.74, 6) is -0.324. The fourth-order valence-corrected chi connectivity index (χ4v) is 5.13. The molecule has 2 aliphatic heterocycles. The Bertz CT molecular complexity index is 927. The maximum atomic E-state index is 12.9. The number of carbonyl (C=O) groups excluding carboxylic acids is 1. The molecule has 11 heteroatoms. The van der Waals surface area contributed by atoms with E-state index in [1.54, 1.807) is 25.7 Å². The van der Waals surface area contributed by atoms with Crippen molar-refractivity contribution < 1.29 is 27.3 Å². The van der Waals surface area contributed by atoms with Crippen molar-refractivity contribution in [3.63, 3.8) is 0 Å². The fraction of sp³-hybridized carbons (Fsp3) is 0.762. The van der Waals surface area contributed by atoms with Crippen LogP contribution < -0.4 is 5.46 Å². The molecule has 0 aliphatic carbocycles. The van der Waals surface area contributed by atoms with E-state index in [1.807, 2.05) is 27.7 Å². The number of sulfone groups is 1. The SMILES string of the molecule is CC(C)(C)OC(=O)N1CCC[C@@H](CS(=O)(=O)c2ncc(B3OC(C)(C)C(C)(C)O3)cn2)C1. The molecule has 32 heavy (non-hydrogen) atoms. The maximum absolute atomic E-state index is 12.9. The molecule has 3 heterocycles. The van der Waals surface area contributed by atoms with Gasteiger partial charge in [-0.25, -0.2) is 23.2 Å². The van der Waals surface area contributed by atoms with Gasteiger partial charge in [0.05, 0.1) is 17.0 Å². The van der Waals surface area contributed by atoms with Crippen molar-refractivity contribution in [1.82, 2.24) is 14.9 Å². The van der Waals surface area contributed by atoms with Gasteiger partial charge >= 0.3 is 13.2 Å². The molecule has 0 spiro atoms. The highest BCUT2D eigenvalue weighted by Gasteiger charge is 2.52. The summed E-state index contributed by atoms with van der Waals surface area (Å²) < 4.78 is 43.2. The third-order valence-electron chi connectivity index (χ3n) is 6.08. The second kappa shape index (κ2) is 8.57. The minimum absolute atomic E-state index is 0.123. The van der Waals surface area contributed by atoms with E-state index >= 15 is 0 Å². The number of likely N-dealkylation sites (tertiary alicyclic amines) is 1. The van der Waals surface area contributed by atoms with Crippen LogP contribution in [0.1, 0.15) is 61.3 Å². The van der Waals surface area contributed by atoms with Crippen LogP contribution in [0, 0.1) is 5.92 Å². The molecular weight excluding hydrogens is 433 g/mol. The van der Waals surface area contributed by atoms with Gasteiger partial charge in [-0.2, -0.15) is 0 Å². The summed E-state index contributed by atoms with van der Waals surface area (Å²) in [6, 6.07) is 0. The zero-order valence-electron chi connectivity index (χ0n) is 20.0. The Morgan fingerprint density at radius 3 is 2.28 bits per heavy atom. The number of amides is 1. The number of piperidine rings is 1. The van der Waals surface area contributed by atoms with E-state index in [9.17, 15) is 13.2 Å². The van der Waals surface area contributed by atoms with Gasteiger partial charge < -0.3 is 18.9 Å². The van der Waals surface area contributed by atoms with Crippen LogP contribution in [0.2, 0.25) is 0 Å². The molecule has 0 unspecified atom stereocenters. The first-order valence-corrected chi connectivity index (χ1v) is 12.6. The van der Waals surface area contributed by atoms with Crippen LogP contribution in [0.15, 0.2) is 17.6 Å². The van der Waals surface area contributed by atoms with E-state index in [2.05, 4.69) is 9.97 Å². The predicted octanol–water partition coefficient (Wildman–Crippen LogP) is 2.20. The number of rotatable bonds is 4. The zero-order valence-corrected chi connectivity index (χ0v) is 20.9. The van der Waals surface area contributed by atoms with E-state index in [4.69, 9.17) is 14.0 Å². The van der Waals surface area contributed by atoms with Gasteiger partial charge in [-0.1, -0.05) is 0 Å². The lowest BCUT2D eigenvalue weighted by Gasteiger charge is -2.33. The summed E-state index contributed by atoms with van der Waals surface area (Å²) in [5, 5.41) is -0.229. The van der Waals surface area contributed by atoms with Crippen molar-refractivity contribution in [1.29, 1.82) is 0 Å². The van der Waals surface area contributed by atoms with Crippen LogP contribution in [-0.4, -0.2) is 72.1 Å². The van der Waals surface area contributed by atoms with E-state index < -0.39 is 39.9 Å². The van der Waals surface area contributed by atoms with Crippen LogP contribution in [0.3, 0.4) is 0 Å². The van der Waals surface area contributed by atoms with Crippen molar-refractivity contribution in [2.24, 2.45) is 5.92 Å². The van der Waals surface area contributed by atoms with E-state index in [1.165, 1.54) is 12.4 Å². The normalized spacial score (nSPS) is 23.3. The first-order chi connectivity index (χ1) is 14.6. The highest BCUT2D eigenvalue weighted by molar-refractivity contribution is 7.91. The van der Waals surface area contributed by atoms with Gasteiger partial charge in [0.2, 0.25) is 15.0 Å². The second-order valence-electron chi connectivity index (χ2n) is 10.6. The molecule has 0 radical (unpaired) electrons. The van der Waals surface area contributed by atoms with Crippen LogP contribution in [0.25, 0.3) is 0 Å². The predicted molar refractivity (Wildman–Crippen MR) is 120 cm³/mol. The number of nitrogens with zero attached hydrogens (tertiary/aromatic N) is 3. The van der Waals surface area contributed by atoms with Crippen molar-refractivity contribution in [2.45, 2.75) is 83.3 Å². The minimum atomic E-state index is -3.71. The number of hydrogen-bond acceptors (Lipinski definition) is 8. The van der Waals surface area contributed by atoms with E-state index in [-0.39, 0.29) is 16.8 Å². The molecule has 1 amide bonds. The number of hydrogen-bond donors (Lipinski definition) is 0. The molecule has 0 N–H and O–H groups in total. The molecule has 1 aromatic rings. The fourth-order valence-electron chi connectivity index (χ4n) is 3.67. The topological polar surface area (TPSA) is 108 Å². The molecule has 0 saturated carbocycles. The first kappa shape index (κ1) is 24.9. The molecular formula is C21H34BN3O6S. The van der Waals surface area contributed by atoms with Crippen molar-refractivity contribution in [3.8, 4) is 0 Å². The molecule has 0 bridgehead atoms. The summed E-state index contributed by atoms with van der Waals surface area (Å²) in [6.07, 6.45) is 3.90. The lowest BCUT2D eigenvalue weighted by molar-refractivity contribution is 0.00578. The number of carbonyl (C=O) groups is 1. The number of ether oxygens (including phenoxy) is 1. The van der Waals surface area contributed by atoms with E-state index in [0.717, 1.165) is 6.42 Å². The quantitative estimate of drug-likeness (QED) is 0.490. The van der Waals surface area contributed by atoms with Gasteiger partial charge in [-0.05, 0) is 67.2 Å². The largest absolute Gasteiger partial charge is 0.498 e. The standard InChI is InChI=1S/C21H34BN3O6S/c1-19(2,3)29-18(26)25-10-8-9-15(13-25)14-32(27,28)17-23-11-16(12-24-17)22-30-20(4,5)21(6,7)31-22/h11-12,15H,8-10,13-14H2,1-7H3/t15-/m1/s1. The van der Waals surface area contributed by atoms with Gasteiger partial charge in [-0.3, -0.25) is 0 Å². The smallest absolute Gasteiger partial charge is 0.444 e. The molecule has 0 aromatic carbocycles. The molecule has 2 aliphatic rings. The van der Waals surface area contributed by atoms with Gasteiger partial charge in [0, 0.05) is 30.9 Å². The van der Waals surface area contributed by atoms with Gasteiger partial charge in [0.1, 0.15) is 5.60 Å². The number of aromatic nitrogens is 2. The van der Waals surface area contributed by atoms with E-state index in [0.29, 0.717) is 25.0 Å². The minimum Gasteiger partial charge on any atom is -0.444 e. The van der Waals surface area contributed by atoms with Crippen molar-refractivity contribution in [2.75, 3.05) is 18.8 Å². The molecule has 2 saturated heterocycles. The Balaban J connectivity index is 1.65. The Morgan fingerprint density at radius 2 is 1.75 bits per heavy atom. The maximum Gasteiger partial charge on any atom is 0.498 e. The third kappa shape index (κ3) is 5.61. The second-order valence-corrected chi connectivity index (χ2v) is 12.5. The molecule has 9 nitrogen and oxygen atoms in total. The summed E-state index contributed by atoms with van der Waals surface area (Å²) in [5.41, 5.74) is -1.05. The van der Waals surface area contributed by atoms with Crippen LogP contribution in [-0.2, 0) is 23.9 Å². The first-order valence-electron chi connectivity index (χ1n) is 11.0. The molecule has 1 atom stereocenters. The highest BCUT2D eigenvalue weighted by Crippen LogP contribution is 2.36. The summed E-state index contributed by atoms with van der Waals surface area (Å²) >= 11 is 0. The monoisotopic (exact) mass is 467 g/mol.